The number of benzene rings is 1. The van der Waals surface area contributed by atoms with Gasteiger partial charge in [0.25, 0.3) is 0 Å². The van der Waals surface area contributed by atoms with E-state index in [1.165, 1.54) is 5.56 Å². The molecule has 0 amide bonds. The van der Waals surface area contributed by atoms with Crippen LogP contribution in [0.4, 0.5) is 5.69 Å². The highest BCUT2D eigenvalue weighted by Gasteiger charge is 2.12. The third-order valence-corrected chi connectivity index (χ3v) is 3.41. The highest BCUT2D eigenvalue weighted by molar-refractivity contribution is 5.58. The van der Waals surface area contributed by atoms with E-state index in [-0.39, 0.29) is 0 Å². The van der Waals surface area contributed by atoms with Crippen molar-refractivity contribution >= 4 is 5.69 Å². The quantitative estimate of drug-likeness (QED) is 0.847. The molecule has 0 atom stereocenters. The molecule has 4 heteroatoms. The van der Waals surface area contributed by atoms with Gasteiger partial charge in [-0.15, -0.1) is 0 Å². The second kappa shape index (κ2) is 7.18. The molecule has 0 radical (unpaired) electrons. The fourth-order valence-electron chi connectivity index (χ4n) is 2.25. The van der Waals surface area contributed by atoms with E-state index in [4.69, 9.17) is 9.15 Å². The van der Waals surface area contributed by atoms with Crippen LogP contribution in [-0.2, 0) is 13.1 Å². The molecule has 0 aliphatic carbocycles. The van der Waals surface area contributed by atoms with E-state index in [0.717, 1.165) is 30.3 Å². The van der Waals surface area contributed by atoms with E-state index in [2.05, 4.69) is 37.2 Å². The van der Waals surface area contributed by atoms with Gasteiger partial charge >= 0.3 is 0 Å². The van der Waals surface area contributed by atoms with Crippen LogP contribution in [0.1, 0.15) is 25.2 Å². The van der Waals surface area contributed by atoms with Crippen LogP contribution in [-0.4, -0.2) is 20.2 Å². The van der Waals surface area contributed by atoms with Crippen LogP contribution < -0.4 is 15.0 Å². The Bertz CT molecular complexity index is 563. The molecular weight excluding hydrogens is 264 g/mol. The first-order chi connectivity index (χ1) is 10.1. The van der Waals surface area contributed by atoms with E-state index in [9.17, 15) is 0 Å². The van der Waals surface area contributed by atoms with Crippen molar-refractivity contribution in [2.45, 2.75) is 33.0 Å². The van der Waals surface area contributed by atoms with Crippen molar-refractivity contribution in [3.8, 4) is 5.75 Å². The monoisotopic (exact) mass is 288 g/mol. The Hall–Kier alpha value is -1.94. The van der Waals surface area contributed by atoms with Gasteiger partial charge in [-0.05, 0) is 18.2 Å². The highest BCUT2D eigenvalue weighted by atomic mass is 16.5. The molecule has 0 spiro atoms. The van der Waals surface area contributed by atoms with Crippen molar-refractivity contribution in [3.63, 3.8) is 0 Å². The minimum Gasteiger partial charge on any atom is -0.495 e. The summed E-state index contributed by atoms with van der Waals surface area (Å²) in [4.78, 5) is 2.17. The summed E-state index contributed by atoms with van der Waals surface area (Å²) in [5.74, 6) is 1.87. The van der Waals surface area contributed by atoms with Gasteiger partial charge in [0.2, 0.25) is 0 Å². The van der Waals surface area contributed by atoms with Crippen molar-refractivity contribution in [3.05, 3.63) is 47.9 Å². The largest absolute Gasteiger partial charge is 0.495 e. The SMILES string of the molecule is COc1ccccc1N(C)Cc1ccoc1CNC(C)C. The zero-order chi connectivity index (χ0) is 15.2. The summed E-state index contributed by atoms with van der Waals surface area (Å²) in [5.41, 5.74) is 2.26. The van der Waals surface area contributed by atoms with E-state index >= 15 is 0 Å². The molecule has 1 heterocycles. The molecule has 4 nitrogen and oxygen atoms in total. The minimum absolute atomic E-state index is 0.440. The second-order valence-electron chi connectivity index (χ2n) is 5.43. The molecule has 0 bridgehead atoms. The normalized spacial score (nSPS) is 10.9. The summed E-state index contributed by atoms with van der Waals surface area (Å²) in [7, 11) is 3.76. The fourth-order valence-corrected chi connectivity index (χ4v) is 2.25. The van der Waals surface area contributed by atoms with Crippen LogP contribution in [0.3, 0.4) is 0 Å². The predicted molar refractivity (Wildman–Crippen MR) is 85.8 cm³/mol. The van der Waals surface area contributed by atoms with Gasteiger partial charge < -0.3 is 19.4 Å². The highest BCUT2D eigenvalue weighted by Crippen LogP contribution is 2.28. The number of hydrogen-bond acceptors (Lipinski definition) is 4. The van der Waals surface area contributed by atoms with Crippen molar-refractivity contribution in [2.75, 3.05) is 19.1 Å². The van der Waals surface area contributed by atoms with Gasteiger partial charge in [0, 0.05) is 25.2 Å². The van der Waals surface area contributed by atoms with Gasteiger partial charge in [-0.1, -0.05) is 26.0 Å². The topological polar surface area (TPSA) is 37.6 Å². The molecule has 0 fully saturated rings. The molecule has 21 heavy (non-hydrogen) atoms. The maximum absolute atomic E-state index is 5.59. The van der Waals surface area contributed by atoms with Crippen LogP contribution in [0.25, 0.3) is 0 Å². The molecule has 1 aromatic heterocycles. The van der Waals surface area contributed by atoms with E-state index in [0.29, 0.717) is 6.04 Å². The number of nitrogens with zero attached hydrogens (tertiary/aromatic N) is 1. The summed E-state index contributed by atoms with van der Waals surface area (Å²) in [6.45, 7) is 5.79. The van der Waals surface area contributed by atoms with Gasteiger partial charge in [0.05, 0.1) is 25.6 Å². The lowest BCUT2D eigenvalue weighted by atomic mass is 10.2. The zero-order valence-corrected chi connectivity index (χ0v) is 13.2. The Labute approximate surface area is 126 Å². The lowest BCUT2D eigenvalue weighted by Crippen LogP contribution is -2.23. The molecule has 0 unspecified atom stereocenters. The Morgan fingerprint density at radius 2 is 2.00 bits per heavy atom. The average molecular weight is 288 g/mol. The Morgan fingerprint density at radius 3 is 2.71 bits per heavy atom. The number of nitrogens with one attached hydrogen (secondary N) is 1. The molecule has 0 aliphatic rings. The summed E-state index contributed by atoms with van der Waals surface area (Å²) in [6, 6.07) is 10.5. The summed E-state index contributed by atoms with van der Waals surface area (Å²) in [6.07, 6.45) is 1.75. The molecule has 2 rings (SSSR count). The Kier molecular flexibility index (Phi) is 5.28. The first-order valence-electron chi connectivity index (χ1n) is 7.24. The number of hydrogen-bond donors (Lipinski definition) is 1. The number of anilines is 1. The van der Waals surface area contributed by atoms with E-state index in [1.54, 1.807) is 13.4 Å². The third-order valence-electron chi connectivity index (χ3n) is 3.41. The Balaban J connectivity index is 2.09. The van der Waals surface area contributed by atoms with Crippen LogP contribution in [0.5, 0.6) is 5.75 Å². The molecule has 114 valence electrons. The maximum atomic E-state index is 5.59. The third kappa shape index (κ3) is 4.02. The molecule has 0 saturated carbocycles. The van der Waals surface area contributed by atoms with Gasteiger partial charge in [-0.25, -0.2) is 0 Å². The van der Waals surface area contributed by atoms with Crippen molar-refractivity contribution < 1.29 is 9.15 Å². The van der Waals surface area contributed by atoms with Crippen LogP contribution in [0.2, 0.25) is 0 Å². The predicted octanol–water partition coefficient (Wildman–Crippen LogP) is 3.42. The molecule has 0 aliphatic heterocycles. The minimum atomic E-state index is 0.440. The molecule has 1 aromatic carbocycles. The Morgan fingerprint density at radius 1 is 1.24 bits per heavy atom. The van der Waals surface area contributed by atoms with Crippen molar-refractivity contribution in [1.29, 1.82) is 0 Å². The first kappa shape index (κ1) is 15.4. The van der Waals surface area contributed by atoms with Gasteiger partial charge in [0.1, 0.15) is 11.5 Å². The lowest BCUT2D eigenvalue weighted by Gasteiger charge is -2.21. The molecule has 0 saturated heterocycles. The smallest absolute Gasteiger partial charge is 0.142 e. The number of rotatable bonds is 7. The molecule has 2 aromatic rings. The second-order valence-corrected chi connectivity index (χ2v) is 5.43. The van der Waals surface area contributed by atoms with E-state index < -0.39 is 0 Å². The van der Waals surface area contributed by atoms with Crippen LogP contribution >= 0.6 is 0 Å². The van der Waals surface area contributed by atoms with E-state index in [1.807, 2.05) is 24.3 Å². The van der Waals surface area contributed by atoms with Gasteiger partial charge in [-0.2, -0.15) is 0 Å². The number of para-hydroxylation sites is 2. The number of furan rings is 1. The van der Waals surface area contributed by atoms with Gasteiger partial charge in [-0.3, -0.25) is 0 Å². The maximum Gasteiger partial charge on any atom is 0.142 e. The average Bonchev–Trinajstić information content (AvgIpc) is 2.92. The first-order valence-corrected chi connectivity index (χ1v) is 7.24. The summed E-state index contributed by atoms with van der Waals surface area (Å²) < 4.78 is 11.0. The summed E-state index contributed by atoms with van der Waals surface area (Å²) >= 11 is 0. The fraction of sp³-hybridized carbons (Fsp3) is 0.412. The number of ether oxygens (including phenoxy) is 1. The van der Waals surface area contributed by atoms with Crippen LogP contribution in [0, 0.1) is 0 Å². The standard InChI is InChI=1S/C17H24N2O2/c1-13(2)18-11-17-14(9-10-21-17)12-19(3)15-7-5-6-8-16(15)20-4/h5-10,13,18H,11-12H2,1-4H3. The molecular formula is C17H24N2O2. The molecule has 1 N–H and O–H groups in total. The van der Waals surface area contributed by atoms with Gasteiger partial charge in [0.15, 0.2) is 0 Å². The zero-order valence-electron chi connectivity index (χ0n) is 13.2. The lowest BCUT2D eigenvalue weighted by molar-refractivity contribution is 0.414. The van der Waals surface area contributed by atoms with Crippen molar-refractivity contribution in [2.24, 2.45) is 0 Å². The van der Waals surface area contributed by atoms with Crippen LogP contribution in [0.15, 0.2) is 41.0 Å². The summed E-state index contributed by atoms with van der Waals surface area (Å²) in [5, 5.41) is 3.39. The number of methoxy groups -OCH3 is 1. The van der Waals surface area contributed by atoms with Crippen molar-refractivity contribution in [1.82, 2.24) is 5.32 Å².